The number of benzene rings is 2. The summed E-state index contributed by atoms with van der Waals surface area (Å²) < 4.78 is 19.4. The highest BCUT2D eigenvalue weighted by Gasteiger charge is 2.34. The molecular weight excluding hydrogens is 381 g/mol. The minimum Gasteiger partial charge on any atom is -0.497 e. The molecule has 2 fully saturated rings. The van der Waals surface area contributed by atoms with Crippen molar-refractivity contribution in [1.82, 2.24) is 15.1 Å². The van der Waals surface area contributed by atoms with Crippen molar-refractivity contribution in [3.05, 3.63) is 65.5 Å². The average molecular weight is 412 g/mol. The highest BCUT2D eigenvalue weighted by atomic mass is 19.1. The number of nitrogens with zero attached hydrogens (tertiary/aromatic N) is 2. The summed E-state index contributed by atoms with van der Waals surface area (Å²) in [5.41, 5.74) is 1.73. The number of amides is 2. The van der Waals surface area contributed by atoms with Crippen molar-refractivity contribution >= 4 is 6.03 Å². The van der Waals surface area contributed by atoms with Gasteiger partial charge in [0.1, 0.15) is 11.6 Å². The van der Waals surface area contributed by atoms with E-state index < -0.39 is 0 Å². The Morgan fingerprint density at radius 3 is 2.50 bits per heavy atom. The minimum absolute atomic E-state index is 0.113. The van der Waals surface area contributed by atoms with Gasteiger partial charge in [0.05, 0.1) is 19.7 Å². The Kier molecular flexibility index (Phi) is 6.53. The van der Waals surface area contributed by atoms with Gasteiger partial charge in [-0.05, 0) is 62.5 Å². The molecule has 1 N–H and O–H groups in total. The molecule has 4 rings (SSSR count). The third-order valence-corrected chi connectivity index (χ3v) is 6.08. The number of urea groups is 1. The molecule has 1 unspecified atom stereocenters. The number of hydrogen-bond donors (Lipinski definition) is 1. The number of hydrogen-bond acceptors (Lipinski definition) is 3. The lowest BCUT2D eigenvalue weighted by Crippen LogP contribution is -2.44. The molecule has 2 aromatic rings. The Bertz CT molecular complexity index is 848. The molecule has 0 bridgehead atoms. The summed E-state index contributed by atoms with van der Waals surface area (Å²) in [5, 5.41) is 3.14. The van der Waals surface area contributed by atoms with E-state index in [2.05, 4.69) is 22.3 Å². The summed E-state index contributed by atoms with van der Waals surface area (Å²) in [4.78, 5) is 17.3. The van der Waals surface area contributed by atoms with Crippen LogP contribution in [0, 0.1) is 5.82 Å². The summed E-state index contributed by atoms with van der Waals surface area (Å²) >= 11 is 0. The zero-order valence-corrected chi connectivity index (χ0v) is 17.5. The first-order valence-corrected chi connectivity index (χ1v) is 10.8. The molecule has 2 aromatic carbocycles. The lowest BCUT2D eigenvalue weighted by atomic mass is 10.1. The van der Waals surface area contributed by atoms with Gasteiger partial charge in [-0.3, -0.25) is 4.90 Å². The first kappa shape index (κ1) is 20.7. The predicted molar refractivity (Wildman–Crippen MR) is 115 cm³/mol. The van der Waals surface area contributed by atoms with E-state index >= 15 is 0 Å². The maximum Gasteiger partial charge on any atom is 0.318 e. The van der Waals surface area contributed by atoms with Crippen LogP contribution in [0.5, 0.6) is 5.75 Å². The van der Waals surface area contributed by atoms with E-state index in [1.807, 2.05) is 18.2 Å². The topological polar surface area (TPSA) is 44.8 Å². The Labute approximate surface area is 177 Å². The number of carbonyl (C=O) groups excluding carboxylic acids is 1. The summed E-state index contributed by atoms with van der Waals surface area (Å²) in [5.74, 6) is 0.567. The van der Waals surface area contributed by atoms with E-state index in [9.17, 15) is 9.18 Å². The number of methoxy groups -OCH3 is 1. The molecule has 1 saturated carbocycles. The minimum atomic E-state index is -0.260. The van der Waals surface area contributed by atoms with Gasteiger partial charge in [0.2, 0.25) is 0 Å². The van der Waals surface area contributed by atoms with Crippen molar-refractivity contribution < 1.29 is 13.9 Å². The quantitative estimate of drug-likeness (QED) is 0.703. The lowest BCUT2D eigenvalue weighted by molar-refractivity contribution is 0.182. The Hall–Kier alpha value is -2.60. The van der Waals surface area contributed by atoms with Crippen molar-refractivity contribution in [2.24, 2.45) is 0 Å². The van der Waals surface area contributed by atoms with Gasteiger partial charge in [-0.15, -0.1) is 0 Å². The van der Waals surface area contributed by atoms with Gasteiger partial charge in [0, 0.05) is 18.2 Å². The van der Waals surface area contributed by atoms with Gasteiger partial charge < -0.3 is 15.0 Å². The zero-order chi connectivity index (χ0) is 20.9. The van der Waals surface area contributed by atoms with Crippen LogP contribution in [0.2, 0.25) is 0 Å². The normalized spacial score (nSPS) is 17.5. The summed E-state index contributed by atoms with van der Waals surface area (Å²) in [6.45, 7) is 2.91. The fourth-order valence-electron chi connectivity index (χ4n) is 4.19. The SMILES string of the molecule is COc1ccc(C(CNC(=O)N(Cc2ccccc2F)C2CC2)N2CCCC2)cc1. The monoisotopic (exact) mass is 411 g/mol. The van der Waals surface area contributed by atoms with Gasteiger partial charge in [0.25, 0.3) is 0 Å². The fraction of sp³-hybridized carbons (Fsp3) is 0.458. The van der Waals surface area contributed by atoms with Crippen molar-refractivity contribution in [1.29, 1.82) is 0 Å². The highest BCUT2D eigenvalue weighted by molar-refractivity contribution is 5.75. The van der Waals surface area contributed by atoms with E-state index in [0.717, 1.165) is 31.7 Å². The van der Waals surface area contributed by atoms with Crippen LogP contribution in [-0.2, 0) is 6.54 Å². The lowest BCUT2D eigenvalue weighted by Gasteiger charge is -2.30. The second kappa shape index (κ2) is 9.47. The van der Waals surface area contributed by atoms with E-state index in [1.54, 1.807) is 24.1 Å². The maximum absolute atomic E-state index is 14.1. The molecule has 1 aliphatic heterocycles. The molecule has 1 aliphatic carbocycles. The molecule has 1 heterocycles. The van der Waals surface area contributed by atoms with Crippen LogP contribution >= 0.6 is 0 Å². The van der Waals surface area contributed by atoms with E-state index in [4.69, 9.17) is 4.74 Å². The number of halogens is 1. The van der Waals surface area contributed by atoms with Crippen molar-refractivity contribution in [3.8, 4) is 5.75 Å². The van der Waals surface area contributed by atoms with Crippen molar-refractivity contribution in [2.45, 2.75) is 44.3 Å². The molecule has 1 saturated heterocycles. The smallest absolute Gasteiger partial charge is 0.318 e. The van der Waals surface area contributed by atoms with Crippen LogP contribution in [-0.4, -0.2) is 48.6 Å². The van der Waals surface area contributed by atoms with E-state index in [-0.39, 0.29) is 23.9 Å². The van der Waals surface area contributed by atoms with Gasteiger partial charge in [0.15, 0.2) is 0 Å². The number of carbonyl (C=O) groups is 1. The summed E-state index contributed by atoms with van der Waals surface area (Å²) in [6.07, 6.45) is 4.33. The Balaban J connectivity index is 1.44. The van der Waals surface area contributed by atoms with Crippen LogP contribution in [0.4, 0.5) is 9.18 Å². The van der Waals surface area contributed by atoms with Crippen LogP contribution in [0.1, 0.15) is 42.9 Å². The van der Waals surface area contributed by atoms with Gasteiger partial charge >= 0.3 is 6.03 Å². The molecule has 30 heavy (non-hydrogen) atoms. The Morgan fingerprint density at radius 1 is 1.17 bits per heavy atom. The van der Waals surface area contributed by atoms with Crippen LogP contribution in [0.25, 0.3) is 0 Å². The van der Waals surface area contributed by atoms with Gasteiger partial charge in [-0.1, -0.05) is 30.3 Å². The molecule has 2 aliphatic rings. The molecule has 0 radical (unpaired) electrons. The number of ether oxygens (including phenoxy) is 1. The second-order valence-corrected chi connectivity index (χ2v) is 8.17. The van der Waals surface area contributed by atoms with Crippen LogP contribution in [0.15, 0.2) is 48.5 Å². The predicted octanol–water partition coefficient (Wildman–Crippen LogP) is 4.35. The molecule has 0 aromatic heterocycles. The van der Waals surface area contributed by atoms with Gasteiger partial charge in [-0.2, -0.15) is 0 Å². The summed E-state index contributed by atoms with van der Waals surface area (Å²) in [6, 6.07) is 15.0. The number of likely N-dealkylation sites (tertiary alicyclic amines) is 1. The average Bonchev–Trinajstić information content (AvgIpc) is 3.47. The number of rotatable bonds is 8. The van der Waals surface area contributed by atoms with Crippen LogP contribution < -0.4 is 10.1 Å². The summed E-state index contributed by atoms with van der Waals surface area (Å²) in [7, 11) is 1.66. The van der Waals surface area contributed by atoms with Crippen molar-refractivity contribution in [2.75, 3.05) is 26.7 Å². The first-order chi connectivity index (χ1) is 14.7. The molecular formula is C24H30FN3O2. The fourth-order valence-corrected chi connectivity index (χ4v) is 4.19. The maximum atomic E-state index is 14.1. The standard InChI is InChI=1S/C24H30FN3O2/c1-30-21-12-8-18(9-13-21)23(27-14-4-5-15-27)16-26-24(29)28(20-10-11-20)17-19-6-2-3-7-22(19)25/h2-3,6-9,12-13,20,23H,4-5,10-11,14-17H2,1H3,(H,26,29). The Morgan fingerprint density at radius 2 is 1.87 bits per heavy atom. The zero-order valence-electron chi connectivity index (χ0n) is 17.5. The van der Waals surface area contributed by atoms with E-state index in [0.29, 0.717) is 18.7 Å². The third kappa shape index (κ3) is 4.93. The molecule has 1 atom stereocenters. The molecule has 5 nitrogen and oxygen atoms in total. The first-order valence-electron chi connectivity index (χ1n) is 10.8. The highest BCUT2D eigenvalue weighted by Crippen LogP contribution is 2.30. The number of nitrogens with one attached hydrogen (secondary N) is 1. The second-order valence-electron chi connectivity index (χ2n) is 8.17. The molecule has 2 amide bonds. The molecule has 0 spiro atoms. The molecule has 6 heteroatoms. The van der Waals surface area contributed by atoms with Gasteiger partial charge in [-0.25, -0.2) is 9.18 Å². The largest absolute Gasteiger partial charge is 0.497 e. The van der Waals surface area contributed by atoms with E-state index in [1.165, 1.54) is 24.5 Å². The van der Waals surface area contributed by atoms with Crippen LogP contribution in [0.3, 0.4) is 0 Å². The molecule has 160 valence electrons. The third-order valence-electron chi connectivity index (χ3n) is 6.08. The van der Waals surface area contributed by atoms with Crippen molar-refractivity contribution in [3.63, 3.8) is 0 Å².